The molecule has 0 saturated carbocycles. The highest BCUT2D eigenvalue weighted by molar-refractivity contribution is 5.97. The van der Waals surface area contributed by atoms with Crippen molar-refractivity contribution < 1.29 is 14.3 Å². The molecular weight excluding hydrogens is 278 g/mol. The second-order valence-corrected chi connectivity index (χ2v) is 4.84. The van der Waals surface area contributed by atoms with Crippen LogP contribution in [-0.2, 0) is 4.74 Å². The fourth-order valence-corrected chi connectivity index (χ4v) is 2.52. The van der Waals surface area contributed by atoms with E-state index in [9.17, 15) is 4.79 Å². The van der Waals surface area contributed by atoms with Gasteiger partial charge in [-0.15, -0.1) is 0 Å². The molecule has 0 atom stereocenters. The summed E-state index contributed by atoms with van der Waals surface area (Å²) in [5.74, 6) is 0.451. The topological polar surface area (TPSA) is 40.5 Å². The van der Waals surface area contributed by atoms with E-state index in [0.29, 0.717) is 12.3 Å². The third kappa shape index (κ3) is 2.44. The minimum Gasteiger partial charge on any atom is -0.497 e. The Bertz CT molecular complexity index is 803. The van der Waals surface area contributed by atoms with E-state index in [1.807, 2.05) is 59.2 Å². The Morgan fingerprint density at radius 1 is 1.09 bits per heavy atom. The molecule has 4 nitrogen and oxygen atoms in total. The number of nitrogens with zero attached hydrogens (tertiary/aromatic N) is 1. The predicted molar refractivity (Wildman–Crippen MR) is 85.8 cm³/mol. The smallest absolute Gasteiger partial charge is 0.355 e. The van der Waals surface area contributed by atoms with Gasteiger partial charge in [-0.05, 0) is 43.3 Å². The van der Waals surface area contributed by atoms with Gasteiger partial charge in [0.2, 0.25) is 0 Å². The van der Waals surface area contributed by atoms with Crippen molar-refractivity contribution in [3.8, 4) is 11.4 Å². The second kappa shape index (κ2) is 5.93. The number of aromatic nitrogens is 1. The number of carbonyl (C=O) groups is 1. The van der Waals surface area contributed by atoms with Gasteiger partial charge >= 0.3 is 5.97 Å². The monoisotopic (exact) mass is 295 g/mol. The van der Waals surface area contributed by atoms with Crippen LogP contribution in [0.1, 0.15) is 17.4 Å². The summed E-state index contributed by atoms with van der Waals surface area (Å²) in [5, 5.41) is 1.00. The van der Waals surface area contributed by atoms with Crippen molar-refractivity contribution in [1.82, 2.24) is 4.57 Å². The Hall–Kier alpha value is -2.75. The predicted octanol–water partition coefficient (Wildman–Crippen LogP) is 3.82. The summed E-state index contributed by atoms with van der Waals surface area (Å²) < 4.78 is 12.3. The van der Waals surface area contributed by atoms with Gasteiger partial charge in [0.05, 0.1) is 19.2 Å². The molecule has 1 heterocycles. The first-order valence-corrected chi connectivity index (χ1v) is 7.16. The molecule has 3 aromatic rings. The summed E-state index contributed by atoms with van der Waals surface area (Å²) in [4.78, 5) is 12.3. The van der Waals surface area contributed by atoms with Gasteiger partial charge in [0.1, 0.15) is 11.4 Å². The number of esters is 1. The molecule has 2 aromatic carbocycles. The highest BCUT2D eigenvalue weighted by Crippen LogP contribution is 2.26. The van der Waals surface area contributed by atoms with Crippen LogP contribution >= 0.6 is 0 Å². The number of benzene rings is 2. The number of methoxy groups -OCH3 is 1. The number of hydrogen-bond acceptors (Lipinski definition) is 3. The first kappa shape index (κ1) is 14.2. The molecule has 0 aliphatic carbocycles. The number of rotatable bonds is 4. The molecule has 0 unspecified atom stereocenters. The van der Waals surface area contributed by atoms with Crippen LogP contribution in [0.3, 0.4) is 0 Å². The van der Waals surface area contributed by atoms with Gasteiger partial charge in [-0.2, -0.15) is 0 Å². The van der Waals surface area contributed by atoms with Crippen molar-refractivity contribution in [2.45, 2.75) is 6.92 Å². The molecule has 0 amide bonds. The summed E-state index contributed by atoms with van der Waals surface area (Å²) in [5.41, 5.74) is 2.38. The number of fused-ring (bicyclic) bond motifs is 1. The summed E-state index contributed by atoms with van der Waals surface area (Å²) in [6.07, 6.45) is 0. The molecule has 22 heavy (non-hydrogen) atoms. The molecule has 3 rings (SSSR count). The van der Waals surface area contributed by atoms with E-state index in [2.05, 4.69) is 0 Å². The number of hydrogen-bond donors (Lipinski definition) is 0. The maximum absolute atomic E-state index is 12.3. The van der Waals surface area contributed by atoms with Gasteiger partial charge in [-0.25, -0.2) is 4.79 Å². The molecule has 1 aromatic heterocycles. The summed E-state index contributed by atoms with van der Waals surface area (Å²) in [7, 11) is 1.63. The third-order valence-corrected chi connectivity index (χ3v) is 3.53. The largest absolute Gasteiger partial charge is 0.497 e. The van der Waals surface area contributed by atoms with Gasteiger partial charge in [0.25, 0.3) is 0 Å². The molecule has 4 heteroatoms. The van der Waals surface area contributed by atoms with Crippen LogP contribution in [0.4, 0.5) is 0 Å². The number of ether oxygens (including phenoxy) is 2. The van der Waals surface area contributed by atoms with Crippen LogP contribution in [0.25, 0.3) is 16.6 Å². The van der Waals surface area contributed by atoms with Crippen molar-refractivity contribution in [2.24, 2.45) is 0 Å². The highest BCUT2D eigenvalue weighted by atomic mass is 16.5. The van der Waals surface area contributed by atoms with Crippen molar-refractivity contribution in [1.29, 1.82) is 0 Å². The fourth-order valence-electron chi connectivity index (χ4n) is 2.52. The van der Waals surface area contributed by atoms with Crippen LogP contribution in [0.2, 0.25) is 0 Å². The van der Waals surface area contributed by atoms with Crippen molar-refractivity contribution >= 4 is 16.9 Å². The third-order valence-electron chi connectivity index (χ3n) is 3.53. The van der Waals surface area contributed by atoms with Gasteiger partial charge in [0.15, 0.2) is 0 Å². The lowest BCUT2D eigenvalue weighted by atomic mass is 10.2. The lowest BCUT2D eigenvalue weighted by molar-refractivity contribution is 0.0517. The zero-order valence-electron chi connectivity index (χ0n) is 12.6. The molecule has 0 aliphatic heterocycles. The molecule has 0 aliphatic rings. The second-order valence-electron chi connectivity index (χ2n) is 4.84. The average molecular weight is 295 g/mol. The Kier molecular flexibility index (Phi) is 3.83. The Balaban J connectivity index is 2.20. The van der Waals surface area contributed by atoms with Crippen LogP contribution in [-0.4, -0.2) is 24.3 Å². The fraction of sp³-hybridized carbons (Fsp3) is 0.167. The molecule has 0 bridgehead atoms. The maximum Gasteiger partial charge on any atom is 0.355 e. The zero-order valence-corrected chi connectivity index (χ0v) is 12.6. The lowest BCUT2D eigenvalue weighted by Crippen LogP contribution is -2.10. The van der Waals surface area contributed by atoms with Crippen LogP contribution < -0.4 is 4.74 Å². The molecule has 0 fully saturated rings. The normalized spacial score (nSPS) is 10.6. The molecule has 0 spiro atoms. The maximum atomic E-state index is 12.3. The standard InChI is InChI=1S/C18H17NO3/c1-3-22-18(20)17-12-13-6-4-5-7-16(13)19(17)14-8-10-15(21-2)11-9-14/h4-12H,3H2,1-2H3. The van der Waals surface area contributed by atoms with E-state index in [1.165, 1.54) is 0 Å². The van der Waals surface area contributed by atoms with Gasteiger partial charge in [-0.1, -0.05) is 18.2 Å². The SMILES string of the molecule is CCOC(=O)c1cc2ccccc2n1-c1ccc(OC)cc1. The van der Waals surface area contributed by atoms with Crippen LogP contribution in [0.15, 0.2) is 54.6 Å². The van der Waals surface area contributed by atoms with Gasteiger partial charge in [0, 0.05) is 11.1 Å². The summed E-state index contributed by atoms with van der Waals surface area (Å²) in [6.45, 7) is 2.15. The van der Waals surface area contributed by atoms with Crippen LogP contribution in [0.5, 0.6) is 5.75 Å². The molecular formula is C18H17NO3. The molecule has 112 valence electrons. The molecule has 0 N–H and O–H groups in total. The van der Waals surface area contributed by atoms with E-state index in [0.717, 1.165) is 22.3 Å². The summed E-state index contributed by atoms with van der Waals surface area (Å²) in [6, 6.07) is 17.3. The van der Waals surface area contributed by atoms with Gasteiger partial charge < -0.3 is 14.0 Å². The Labute approximate surface area is 128 Å². The van der Waals surface area contributed by atoms with E-state index < -0.39 is 0 Å². The van der Waals surface area contributed by atoms with E-state index in [-0.39, 0.29) is 5.97 Å². The zero-order chi connectivity index (χ0) is 15.5. The minimum absolute atomic E-state index is 0.325. The highest BCUT2D eigenvalue weighted by Gasteiger charge is 2.17. The van der Waals surface area contributed by atoms with Crippen molar-refractivity contribution in [2.75, 3.05) is 13.7 Å². The summed E-state index contributed by atoms with van der Waals surface area (Å²) >= 11 is 0. The van der Waals surface area contributed by atoms with E-state index in [1.54, 1.807) is 14.0 Å². The number of carbonyl (C=O) groups excluding carboxylic acids is 1. The van der Waals surface area contributed by atoms with Crippen LogP contribution in [0, 0.1) is 0 Å². The number of para-hydroxylation sites is 1. The first-order valence-electron chi connectivity index (χ1n) is 7.16. The van der Waals surface area contributed by atoms with Gasteiger partial charge in [-0.3, -0.25) is 0 Å². The molecule has 0 radical (unpaired) electrons. The average Bonchev–Trinajstić information content (AvgIpc) is 2.95. The quantitative estimate of drug-likeness (QED) is 0.687. The Morgan fingerprint density at radius 2 is 1.82 bits per heavy atom. The Morgan fingerprint density at radius 3 is 2.50 bits per heavy atom. The first-order chi connectivity index (χ1) is 10.7. The van der Waals surface area contributed by atoms with E-state index >= 15 is 0 Å². The van der Waals surface area contributed by atoms with Crippen molar-refractivity contribution in [3.63, 3.8) is 0 Å². The lowest BCUT2D eigenvalue weighted by Gasteiger charge is -2.11. The minimum atomic E-state index is -0.325. The van der Waals surface area contributed by atoms with Crippen molar-refractivity contribution in [3.05, 3.63) is 60.3 Å². The molecule has 0 saturated heterocycles. The van der Waals surface area contributed by atoms with E-state index in [4.69, 9.17) is 9.47 Å².